The molecule has 13 heavy (non-hydrogen) atoms. The van der Waals surface area contributed by atoms with Crippen LogP contribution in [-0.4, -0.2) is 0 Å². The molecular formula is C10H10BrNS. The first-order chi connectivity index (χ1) is 6.22. The van der Waals surface area contributed by atoms with Gasteiger partial charge in [-0.25, -0.2) is 0 Å². The number of fused-ring (bicyclic) bond motifs is 1. The summed E-state index contributed by atoms with van der Waals surface area (Å²) >= 11 is 5.28. The second-order valence-electron chi connectivity index (χ2n) is 2.98. The molecule has 0 aliphatic rings. The number of halogens is 1. The summed E-state index contributed by atoms with van der Waals surface area (Å²) in [6.45, 7) is 2.75. The summed E-state index contributed by atoms with van der Waals surface area (Å²) in [6, 6.07) is 6.34. The second kappa shape index (κ2) is 3.40. The number of thiophene rings is 1. The van der Waals surface area contributed by atoms with Crippen LogP contribution in [0.4, 0.5) is 0 Å². The summed E-state index contributed by atoms with van der Waals surface area (Å²) in [5.74, 6) is 0. The third-order valence-electron chi connectivity index (χ3n) is 2.16. The lowest BCUT2D eigenvalue weighted by Crippen LogP contribution is -1.96. The van der Waals surface area contributed by atoms with Crippen LogP contribution in [-0.2, 0) is 6.54 Å². The van der Waals surface area contributed by atoms with E-state index in [9.17, 15) is 0 Å². The quantitative estimate of drug-likeness (QED) is 0.831. The SMILES string of the molecule is Cc1sc2ccc(Br)cc2c1CN. The van der Waals surface area contributed by atoms with Crippen LogP contribution in [0.2, 0.25) is 0 Å². The highest BCUT2D eigenvalue weighted by Crippen LogP contribution is 2.32. The molecule has 68 valence electrons. The van der Waals surface area contributed by atoms with Crippen LogP contribution in [0.25, 0.3) is 10.1 Å². The summed E-state index contributed by atoms with van der Waals surface area (Å²) in [5.41, 5.74) is 6.98. The molecule has 1 heterocycles. The largest absolute Gasteiger partial charge is 0.326 e. The summed E-state index contributed by atoms with van der Waals surface area (Å²) in [6.07, 6.45) is 0. The number of nitrogens with two attached hydrogens (primary N) is 1. The van der Waals surface area contributed by atoms with Gasteiger partial charge in [0.2, 0.25) is 0 Å². The minimum absolute atomic E-state index is 0.627. The van der Waals surface area contributed by atoms with Gasteiger partial charge in [-0.2, -0.15) is 0 Å². The Kier molecular flexibility index (Phi) is 2.41. The van der Waals surface area contributed by atoms with Crippen molar-refractivity contribution in [2.24, 2.45) is 5.73 Å². The molecule has 3 heteroatoms. The first kappa shape index (κ1) is 9.19. The van der Waals surface area contributed by atoms with Crippen LogP contribution in [0.3, 0.4) is 0 Å². The topological polar surface area (TPSA) is 26.0 Å². The van der Waals surface area contributed by atoms with Crippen LogP contribution >= 0.6 is 27.3 Å². The summed E-state index contributed by atoms with van der Waals surface area (Å²) in [5, 5.41) is 1.29. The highest BCUT2D eigenvalue weighted by molar-refractivity contribution is 9.10. The van der Waals surface area contributed by atoms with Gasteiger partial charge in [0.25, 0.3) is 0 Å². The summed E-state index contributed by atoms with van der Waals surface area (Å²) < 4.78 is 2.44. The third-order valence-corrected chi connectivity index (χ3v) is 3.78. The minimum atomic E-state index is 0.627. The molecule has 1 aromatic heterocycles. The van der Waals surface area contributed by atoms with Gasteiger partial charge in [0.1, 0.15) is 0 Å². The summed E-state index contributed by atoms with van der Waals surface area (Å²) in [7, 11) is 0. The van der Waals surface area contributed by atoms with Crippen molar-refractivity contribution in [3.05, 3.63) is 33.1 Å². The van der Waals surface area contributed by atoms with E-state index >= 15 is 0 Å². The lowest BCUT2D eigenvalue weighted by atomic mass is 10.1. The number of benzene rings is 1. The maximum atomic E-state index is 5.70. The van der Waals surface area contributed by atoms with Gasteiger partial charge >= 0.3 is 0 Å². The first-order valence-electron chi connectivity index (χ1n) is 4.10. The molecule has 0 fully saturated rings. The van der Waals surface area contributed by atoms with E-state index in [1.165, 1.54) is 20.5 Å². The summed E-state index contributed by atoms with van der Waals surface area (Å²) in [4.78, 5) is 1.33. The predicted octanol–water partition coefficient (Wildman–Crippen LogP) is 3.43. The van der Waals surface area contributed by atoms with Crippen molar-refractivity contribution in [2.45, 2.75) is 13.5 Å². The molecule has 0 radical (unpaired) electrons. The fourth-order valence-corrected chi connectivity index (χ4v) is 2.93. The van der Waals surface area contributed by atoms with Crippen molar-refractivity contribution in [1.29, 1.82) is 0 Å². The van der Waals surface area contributed by atoms with Crippen molar-refractivity contribution >= 4 is 37.4 Å². The second-order valence-corrected chi connectivity index (χ2v) is 5.15. The fraction of sp³-hybridized carbons (Fsp3) is 0.200. The van der Waals surface area contributed by atoms with Gasteiger partial charge in [0, 0.05) is 20.6 Å². The van der Waals surface area contributed by atoms with E-state index in [4.69, 9.17) is 5.73 Å². The number of hydrogen-bond acceptors (Lipinski definition) is 2. The zero-order valence-electron chi connectivity index (χ0n) is 7.30. The van der Waals surface area contributed by atoms with E-state index in [1.807, 2.05) is 11.3 Å². The molecule has 0 bridgehead atoms. The van der Waals surface area contributed by atoms with Gasteiger partial charge in [0.05, 0.1) is 0 Å². The monoisotopic (exact) mass is 255 g/mol. The van der Waals surface area contributed by atoms with Crippen molar-refractivity contribution in [1.82, 2.24) is 0 Å². The maximum Gasteiger partial charge on any atom is 0.0349 e. The smallest absolute Gasteiger partial charge is 0.0349 e. The molecule has 0 aliphatic carbocycles. The minimum Gasteiger partial charge on any atom is -0.326 e. The fourth-order valence-electron chi connectivity index (χ4n) is 1.50. The Morgan fingerprint density at radius 2 is 2.23 bits per heavy atom. The lowest BCUT2D eigenvalue weighted by molar-refractivity contribution is 1.08. The molecule has 1 aromatic carbocycles. The first-order valence-corrected chi connectivity index (χ1v) is 5.71. The van der Waals surface area contributed by atoms with E-state index in [1.54, 1.807) is 0 Å². The van der Waals surface area contributed by atoms with Crippen LogP contribution in [0.15, 0.2) is 22.7 Å². The zero-order chi connectivity index (χ0) is 9.42. The number of hydrogen-bond donors (Lipinski definition) is 1. The van der Waals surface area contributed by atoms with Gasteiger partial charge in [-0.15, -0.1) is 11.3 Å². The highest BCUT2D eigenvalue weighted by Gasteiger charge is 2.06. The van der Waals surface area contributed by atoms with Crippen molar-refractivity contribution in [3.8, 4) is 0 Å². The van der Waals surface area contributed by atoms with Gasteiger partial charge in [-0.1, -0.05) is 15.9 Å². The van der Waals surface area contributed by atoms with E-state index in [-0.39, 0.29) is 0 Å². The molecule has 0 unspecified atom stereocenters. The molecule has 1 nitrogen and oxygen atoms in total. The van der Waals surface area contributed by atoms with Crippen LogP contribution in [0, 0.1) is 6.92 Å². The predicted molar refractivity (Wildman–Crippen MR) is 62.2 cm³/mol. The normalized spacial score (nSPS) is 11.0. The Bertz CT molecular complexity index is 447. The molecule has 0 atom stereocenters. The van der Waals surface area contributed by atoms with Gasteiger partial charge in [-0.3, -0.25) is 0 Å². The Morgan fingerprint density at radius 3 is 2.92 bits per heavy atom. The standard InChI is InChI=1S/C10H10BrNS/c1-6-9(5-12)8-4-7(11)2-3-10(8)13-6/h2-4H,5,12H2,1H3. The van der Waals surface area contributed by atoms with Gasteiger partial charge < -0.3 is 5.73 Å². The van der Waals surface area contributed by atoms with E-state index < -0.39 is 0 Å². The van der Waals surface area contributed by atoms with Crippen LogP contribution in [0.5, 0.6) is 0 Å². The lowest BCUT2D eigenvalue weighted by Gasteiger charge is -1.96. The van der Waals surface area contributed by atoms with Crippen molar-refractivity contribution in [2.75, 3.05) is 0 Å². The molecular weight excluding hydrogens is 246 g/mol. The van der Waals surface area contributed by atoms with Crippen molar-refractivity contribution < 1.29 is 0 Å². The van der Waals surface area contributed by atoms with Crippen LogP contribution in [0.1, 0.15) is 10.4 Å². The molecule has 2 rings (SSSR count). The molecule has 0 spiro atoms. The van der Waals surface area contributed by atoms with Gasteiger partial charge in [-0.05, 0) is 36.1 Å². The molecule has 0 saturated carbocycles. The van der Waals surface area contributed by atoms with Crippen molar-refractivity contribution in [3.63, 3.8) is 0 Å². The molecule has 2 aromatic rings. The average Bonchev–Trinajstić information content (AvgIpc) is 2.40. The van der Waals surface area contributed by atoms with Crippen LogP contribution < -0.4 is 5.73 Å². The Labute approximate surface area is 89.7 Å². The Hall–Kier alpha value is -0.380. The Balaban J connectivity index is 2.80. The van der Waals surface area contributed by atoms with E-state index in [2.05, 4.69) is 41.1 Å². The Morgan fingerprint density at radius 1 is 1.46 bits per heavy atom. The average molecular weight is 256 g/mol. The van der Waals surface area contributed by atoms with E-state index in [0.29, 0.717) is 6.54 Å². The highest BCUT2D eigenvalue weighted by atomic mass is 79.9. The molecule has 2 N–H and O–H groups in total. The molecule has 0 amide bonds. The molecule has 0 aliphatic heterocycles. The number of aryl methyl sites for hydroxylation is 1. The third kappa shape index (κ3) is 1.52. The number of rotatable bonds is 1. The van der Waals surface area contributed by atoms with E-state index in [0.717, 1.165) is 4.47 Å². The maximum absolute atomic E-state index is 5.70. The zero-order valence-corrected chi connectivity index (χ0v) is 9.71. The van der Waals surface area contributed by atoms with Gasteiger partial charge in [0.15, 0.2) is 0 Å². The molecule has 0 saturated heterocycles.